The Morgan fingerprint density at radius 1 is 0.708 bits per heavy atom. The van der Waals surface area contributed by atoms with Crippen molar-refractivity contribution < 1.29 is 4.57 Å². The predicted molar refractivity (Wildman–Crippen MR) is 102 cm³/mol. The molecule has 0 aliphatic carbocycles. The van der Waals surface area contributed by atoms with Crippen molar-refractivity contribution in [3.05, 3.63) is 77.9 Å². The van der Waals surface area contributed by atoms with Crippen LogP contribution in [-0.2, 0) is 6.54 Å². The summed E-state index contributed by atoms with van der Waals surface area (Å²) < 4.78 is 2.46. The molecule has 1 heterocycles. The lowest BCUT2D eigenvalue weighted by atomic mass is 9.97. The van der Waals surface area contributed by atoms with Gasteiger partial charge < -0.3 is 0 Å². The smallest absolute Gasteiger partial charge is 0.191 e. The predicted octanol–water partition coefficient (Wildman–Crippen LogP) is 5.58. The van der Waals surface area contributed by atoms with Gasteiger partial charge in [0.1, 0.15) is 6.54 Å². The third kappa shape index (κ3) is 2.28. The van der Waals surface area contributed by atoms with Crippen molar-refractivity contribution in [3.63, 3.8) is 0 Å². The lowest BCUT2D eigenvalue weighted by Gasteiger charge is -2.12. The van der Waals surface area contributed by atoms with Gasteiger partial charge in [-0.25, -0.2) is 0 Å². The summed E-state index contributed by atoms with van der Waals surface area (Å²) in [5.41, 5.74) is 6.50. The summed E-state index contributed by atoms with van der Waals surface area (Å²) in [6, 6.07) is 24.4. The van der Waals surface area contributed by atoms with Gasteiger partial charge in [-0.1, -0.05) is 42.0 Å². The Morgan fingerprint density at radius 3 is 2.08 bits per heavy atom. The maximum atomic E-state index is 2.46. The summed E-state index contributed by atoms with van der Waals surface area (Å²) >= 11 is 0. The molecule has 4 rings (SSSR count). The average molecular weight is 312 g/mol. The van der Waals surface area contributed by atoms with Crippen molar-refractivity contribution in [2.24, 2.45) is 0 Å². The first-order chi connectivity index (χ1) is 11.7. The van der Waals surface area contributed by atoms with Crippen LogP contribution in [0.15, 0.2) is 66.7 Å². The fraction of sp³-hybridized carbons (Fsp3) is 0.174. The fourth-order valence-electron chi connectivity index (χ4n) is 3.68. The largest absolute Gasteiger partial charge is 0.220 e. The molecule has 1 nitrogen and oxygen atoms in total. The van der Waals surface area contributed by atoms with Crippen LogP contribution in [0.2, 0.25) is 0 Å². The molecule has 1 aromatic heterocycles. The molecule has 0 unspecified atom stereocenters. The lowest BCUT2D eigenvalue weighted by Crippen LogP contribution is -2.36. The van der Waals surface area contributed by atoms with E-state index in [0.29, 0.717) is 0 Å². The molecule has 3 aromatic carbocycles. The highest BCUT2D eigenvalue weighted by Crippen LogP contribution is 2.32. The van der Waals surface area contributed by atoms with Crippen molar-refractivity contribution in [3.8, 4) is 11.3 Å². The summed E-state index contributed by atoms with van der Waals surface area (Å²) in [5, 5.41) is 4.00. The van der Waals surface area contributed by atoms with E-state index in [1.54, 1.807) is 0 Å². The van der Waals surface area contributed by atoms with Gasteiger partial charge >= 0.3 is 0 Å². The molecule has 0 aliphatic heterocycles. The fourth-order valence-corrected chi connectivity index (χ4v) is 3.68. The third-order valence-electron chi connectivity index (χ3n) is 4.80. The van der Waals surface area contributed by atoms with Crippen LogP contribution in [0.4, 0.5) is 0 Å². The van der Waals surface area contributed by atoms with E-state index in [0.717, 1.165) is 6.54 Å². The van der Waals surface area contributed by atoms with E-state index in [2.05, 4.69) is 92.1 Å². The zero-order chi connectivity index (χ0) is 16.7. The highest BCUT2D eigenvalue weighted by molar-refractivity contribution is 6.09. The normalized spacial score (nSPS) is 11.3. The molecular formula is C23H22N+. The van der Waals surface area contributed by atoms with Crippen molar-refractivity contribution in [2.45, 2.75) is 27.3 Å². The van der Waals surface area contributed by atoms with Crippen LogP contribution in [0.25, 0.3) is 32.9 Å². The standard InChI is InChI=1S/C23H22N/c1-4-24-22-15-17(3)11-13-20(22)19-12-10-16(2)14-21(19)23(24)18-8-6-5-7-9-18/h5-15H,4H2,1-3H3/q+1. The quantitative estimate of drug-likeness (QED) is 0.336. The second-order valence-corrected chi connectivity index (χ2v) is 6.53. The zero-order valence-electron chi connectivity index (χ0n) is 14.5. The van der Waals surface area contributed by atoms with Crippen LogP contribution >= 0.6 is 0 Å². The molecule has 118 valence electrons. The number of benzene rings is 3. The molecule has 24 heavy (non-hydrogen) atoms. The molecule has 0 spiro atoms. The Hall–Kier alpha value is -2.67. The first kappa shape index (κ1) is 14.9. The molecule has 0 atom stereocenters. The molecule has 0 saturated carbocycles. The number of nitrogens with zero attached hydrogens (tertiary/aromatic N) is 1. The molecule has 1 heteroatoms. The summed E-state index contributed by atoms with van der Waals surface area (Å²) in [5.74, 6) is 0. The zero-order valence-corrected chi connectivity index (χ0v) is 14.5. The summed E-state index contributed by atoms with van der Waals surface area (Å²) in [6.45, 7) is 7.52. The number of aryl methyl sites for hydroxylation is 3. The number of hydrogen-bond donors (Lipinski definition) is 0. The van der Waals surface area contributed by atoms with Crippen LogP contribution in [0.5, 0.6) is 0 Å². The van der Waals surface area contributed by atoms with E-state index >= 15 is 0 Å². The maximum absolute atomic E-state index is 2.46. The Balaban J connectivity index is 2.27. The molecule has 0 radical (unpaired) electrons. The first-order valence-corrected chi connectivity index (χ1v) is 8.61. The van der Waals surface area contributed by atoms with Crippen LogP contribution in [-0.4, -0.2) is 0 Å². The van der Waals surface area contributed by atoms with E-state index < -0.39 is 0 Å². The number of aromatic nitrogens is 1. The maximum Gasteiger partial charge on any atom is 0.220 e. The monoisotopic (exact) mass is 312 g/mol. The van der Waals surface area contributed by atoms with E-state index in [4.69, 9.17) is 0 Å². The van der Waals surface area contributed by atoms with Gasteiger partial charge in [0, 0.05) is 17.0 Å². The van der Waals surface area contributed by atoms with E-state index in [-0.39, 0.29) is 0 Å². The summed E-state index contributed by atoms with van der Waals surface area (Å²) in [4.78, 5) is 0. The molecule has 0 aliphatic rings. The third-order valence-corrected chi connectivity index (χ3v) is 4.80. The second kappa shape index (κ2) is 5.76. The highest BCUT2D eigenvalue weighted by atomic mass is 15.0. The van der Waals surface area contributed by atoms with Crippen molar-refractivity contribution in [1.29, 1.82) is 0 Å². The molecule has 0 N–H and O–H groups in total. The van der Waals surface area contributed by atoms with Crippen molar-refractivity contribution >= 4 is 21.7 Å². The van der Waals surface area contributed by atoms with Gasteiger partial charge in [-0.3, -0.25) is 0 Å². The summed E-state index contributed by atoms with van der Waals surface area (Å²) in [7, 11) is 0. The van der Waals surface area contributed by atoms with Gasteiger partial charge in [0.05, 0.1) is 10.8 Å². The second-order valence-electron chi connectivity index (χ2n) is 6.53. The molecule has 0 fully saturated rings. The molecule has 4 aromatic rings. The van der Waals surface area contributed by atoms with Gasteiger partial charge in [-0.15, -0.1) is 0 Å². The van der Waals surface area contributed by atoms with Crippen molar-refractivity contribution in [2.75, 3.05) is 0 Å². The average Bonchev–Trinajstić information content (AvgIpc) is 2.61. The Morgan fingerprint density at radius 2 is 1.38 bits per heavy atom. The van der Waals surface area contributed by atoms with E-state index in [9.17, 15) is 0 Å². The first-order valence-electron chi connectivity index (χ1n) is 8.61. The number of rotatable bonds is 2. The Bertz CT molecular complexity index is 1050. The minimum Gasteiger partial charge on any atom is -0.191 e. The van der Waals surface area contributed by atoms with Crippen LogP contribution < -0.4 is 4.57 Å². The number of fused-ring (bicyclic) bond motifs is 3. The highest BCUT2D eigenvalue weighted by Gasteiger charge is 2.22. The van der Waals surface area contributed by atoms with Crippen LogP contribution in [0, 0.1) is 13.8 Å². The van der Waals surface area contributed by atoms with Crippen LogP contribution in [0.1, 0.15) is 18.1 Å². The van der Waals surface area contributed by atoms with Gasteiger partial charge in [0.15, 0.2) is 0 Å². The van der Waals surface area contributed by atoms with E-state index in [1.165, 1.54) is 44.1 Å². The SMILES string of the molecule is CC[n+]1c(-c2ccccc2)c2cc(C)ccc2c2ccc(C)cc21. The van der Waals surface area contributed by atoms with Gasteiger partial charge in [-0.05, 0) is 50.6 Å². The van der Waals surface area contributed by atoms with Crippen molar-refractivity contribution in [1.82, 2.24) is 0 Å². The minimum absolute atomic E-state index is 0.952. The molecular weight excluding hydrogens is 290 g/mol. The van der Waals surface area contributed by atoms with E-state index in [1.807, 2.05) is 0 Å². The topological polar surface area (TPSA) is 3.88 Å². The van der Waals surface area contributed by atoms with Crippen LogP contribution in [0.3, 0.4) is 0 Å². The van der Waals surface area contributed by atoms with Gasteiger partial charge in [-0.2, -0.15) is 4.57 Å². The number of hydrogen-bond acceptors (Lipinski definition) is 0. The Labute approximate surface area is 143 Å². The minimum atomic E-state index is 0.952. The lowest BCUT2D eigenvalue weighted by molar-refractivity contribution is -0.655. The molecule has 0 amide bonds. The summed E-state index contributed by atoms with van der Waals surface area (Å²) in [6.07, 6.45) is 0. The molecule has 0 bridgehead atoms. The number of pyridine rings is 1. The van der Waals surface area contributed by atoms with Gasteiger partial charge in [0.2, 0.25) is 11.2 Å². The van der Waals surface area contributed by atoms with Gasteiger partial charge in [0.25, 0.3) is 0 Å². The Kier molecular flexibility index (Phi) is 3.57. The molecule has 0 saturated heterocycles.